The van der Waals surface area contributed by atoms with Crippen LogP contribution in [0.25, 0.3) is 0 Å². The van der Waals surface area contributed by atoms with Gasteiger partial charge < -0.3 is 10.6 Å². The van der Waals surface area contributed by atoms with Gasteiger partial charge in [-0.05, 0) is 41.6 Å². The summed E-state index contributed by atoms with van der Waals surface area (Å²) in [6.07, 6.45) is 0. The van der Waals surface area contributed by atoms with E-state index >= 15 is 0 Å². The molecule has 94 valence electrons. The van der Waals surface area contributed by atoms with E-state index in [0.717, 1.165) is 5.82 Å². The van der Waals surface area contributed by atoms with Gasteiger partial charge in [-0.2, -0.15) is 0 Å². The monoisotopic (exact) mass is 358 g/mol. The molecule has 18 heavy (non-hydrogen) atoms. The van der Waals surface area contributed by atoms with E-state index in [4.69, 9.17) is 0 Å². The van der Waals surface area contributed by atoms with E-state index in [1.54, 1.807) is 25.2 Å². The summed E-state index contributed by atoms with van der Waals surface area (Å²) in [5, 5.41) is 6.04. The van der Waals surface area contributed by atoms with Gasteiger partial charge in [0.1, 0.15) is 23.3 Å². The maximum Gasteiger partial charge on any atom is 0.138 e. The molecule has 1 heterocycles. The van der Waals surface area contributed by atoms with E-state index in [0.29, 0.717) is 20.9 Å². The largest absolute Gasteiger partial charge is 0.373 e. The first-order chi connectivity index (χ1) is 8.60. The number of aromatic nitrogens is 2. The molecule has 1 aromatic heterocycles. The third kappa shape index (κ3) is 2.87. The molecule has 0 atom stereocenters. The Kier molecular flexibility index (Phi) is 3.95. The van der Waals surface area contributed by atoms with Gasteiger partial charge in [-0.25, -0.2) is 14.4 Å². The molecular formula is C12H12FIN4. The zero-order chi connectivity index (χ0) is 13.1. The summed E-state index contributed by atoms with van der Waals surface area (Å²) >= 11 is 1.96. The normalized spacial score (nSPS) is 10.2. The molecule has 0 saturated heterocycles. The van der Waals surface area contributed by atoms with Gasteiger partial charge in [-0.1, -0.05) is 6.07 Å². The van der Waals surface area contributed by atoms with Crippen LogP contribution in [0.2, 0.25) is 0 Å². The summed E-state index contributed by atoms with van der Waals surface area (Å²) < 4.78 is 14.0. The zero-order valence-corrected chi connectivity index (χ0v) is 12.1. The summed E-state index contributed by atoms with van der Waals surface area (Å²) in [7, 11) is 1.79. The van der Waals surface area contributed by atoms with Gasteiger partial charge >= 0.3 is 0 Å². The Bertz CT molecular complexity index is 574. The molecule has 4 nitrogen and oxygen atoms in total. The van der Waals surface area contributed by atoms with Gasteiger partial charge in [0.2, 0.25) is 0 Å². The molecule has 0 aliphatic heterocycles. The summed E-state index contributed by atoms with van der Waals surface area (Å²) in [4.78, 5) is 8.46. The number of nitrogens with one attached hydrogen (secondary N) is 2. The molecule has 0 aliphatic rings. The fraction of sp³-hybridized carbons (Fsp3) is 0.167. The van der Waals surface area contributed by atoms with Gasteiger partial charge in [-0.3, -0.25) is 0 Å². The van der Waals surface area contributed by atoms with Crippen LogP contribution in [0.3, 0.4) is 0 Å². The molecule has 0 amide bonds. The van der Waals surface area contributed by atoms with Gasteiger partial charge in [0, 0.05) is 13.1 Å². The Balaban J connectivity index is 2.34. The molecule has 2 N–H and O–H groups in total. The lowest BCUT2D eigenvalue weighted by Gasteiger charge is -2.10. The third-order valence-electron chi connectivity index (χ3n) is 2.31. The maximum absolute atomic E-state index is 13.4. The molecule has 6 heteroatoms. The van der Waals surface area contributed by atoms with Crippen LogP contribution >= 0.6 is 22.6 Å². The molecule has 0 fully saturated rings. The van der Waals surface area contributed by atoms with Crippen LogP contribution in [0.4, 0.5) is 21.7 Å². The van der Waals surface area contributed by atoms with Crippen LogP contribution in [0.15, 0.2) is 24.3 Å². The number of aryl methyl sites for hydroxylation is 1. The van der Waals surface area contributed by atoms with Crippen LogP contribution in [-0.4, -0.2) is 17.0 Å². The number of rotatable bonds is 3. The average molecular weight is 358 g/mol. The van der Waals surface area contributed by atoms with Crippen molar-refractivity contribution in [2.45, 2.75) is 6.92 Å². The number of hydrogen-bond acceptors (Lipinski definition) is 4. The maximum atomic E-state index is 13.4. The third-order valence-corrected chi connectivity index (χ3v) is 3.40. The summed E-state index contributed by atoms with van der Waals surface area (Å²) in [6, 6.07) is 6.67. The van der Waals surface area contributed by atoms with Gasteiger partial charge in [0.25, 0.3) is 0 Å². The van der Waals surface area contributed by atoms with Crippen molar-refractivity contribution in [3.8, 4) is 0 Å². The highest BCUT2D eigenvalue weighted by atomic mass is 127. The van der Waals surface area contributed by atoms with Crippen LogP contribution < -0.4 is 10.6 Å². The van der Waals surface area contributed by atoms with Crippen molar-refractivity contribution in [3.63, 3.8) is 0 Å². The van der Waals surface area contributed by atoms with Crippen molar-refractivity contribution < 1.29 is 4.39 Å². The molecule has 0 saturated carbocycles. The van der Waals surface area contributed by atoms with Crippen molar-refractivity contribution in [2.24, 2.45) is 0 Å². The Morgan fingerprint density at radius 1 is 1.22 bits per heavy atom. The number of anilines is 3. The van der Waals surface area contributed by atoms with E-state index < -0.39 is 0 Å². The van der Waals surface area contributed by atoms with E-state index in [-0.39, 0.29) is 5.82 Å². The highest BCUT2D eigenvalue weighted by Gasteiger charge is 2.07. The number of nitrogens with zero attached hydrogens (tertiary/aromatic N) is 2. The van der Waals surface area contributed by atoms with Crippen LogP contribution in [0, 0.1) is 16.3 Å². The lowest BCUT2D eigenvalue weighted by atomic mass is 10.3. The molecule has 0 aliphatic carbocycles. The fourth-order valence-electron chi connectivity index (χ4n) is 1.50. The molecule has 0 bridgehead atoms. The van der Waals surface area contributed by atoms with Crippen molar-refractivity contribution in [3.05, 3.63) is 39.5 Å². The topological polar surface area (TPSA) is 49.8 Å². The first kappa shape index (κ1) is 13.0. The van der Waals surface area contributed by atoms with Crippen molar-refractivity contribution in [1.29, 1.82) is 0 Å². The van der Waals surface area contributed by atoms with Gasteiger partial charge in [-0.15, -0.1) is 0 Å². The second-order valence-corrected chi connectivity index (χ2v) is 4.74. The lowest BCUT2D eigenvalue weighted by Crippen LogP contribution is -2.02. The van der Waals surface area contributed by atoms with E-state index in [1.807, 2.05) is 29.5 Å². The smallest absolute Gasteiger partial charge is 0.138 e. The summed E-state index contributed by atoms with van der Waals surface area (Å²) in [5.74, 6) is 1.75. The summed E-state index contributed by atoms with van der Waals surface area (Å²) in [5.41, 5.74) is 0.691. The quantitative estimate of drug-likeness (QED) is 0.827. The predicted molar refractivity (Wildman–Crippen MR) is 78.7 cm³/mol. The van der Waals surface area contributed by atoms with Crippen LogP contribution in [0.1, 0.15) is 5.82 Å². The SMILES string of the molecule is CNc1cc(Nc2cccc(F)c2I)nc(C)n1. The van der Waals surface area contributed by atoms with E-state index in [2.05, 4.69) is 20.6 Å². The molecule has 0 spiro atoms. The molecule has 2 rings (SSSR count). The van der Waals surface area contributed by atoms with Crippen LogP contribution in [-0.2, 0) is 0 Å². The Morgan fingerprint density at radius 3 is 2.67 bits per heavy atom. The van der Waals surface area contributed by atoms with Gasteiger partial charge in [0.05, 0.1) is 9.26 Å². The molecule has 0 radical (unpaired) electrons. The number of benzene rings is 1. The minimum absolute atomic E-state index is 0.250. The first-order valence-corrected chi connectivity index (χ1v) is 6.42. The van der Waals surface area contributed by atoms with Crippen molar-refractivity contribution in [1.82, 2.24) is 9.97 Å². The highest BCUT2D eigenvalue weighted by Crippen LogP contribution is 2.24. The van der Waals surface area contributed by atoms with E-state index in [9.17, 15) is 4.39 Å². The molecule has 0 unspecified atom stereocenters. The van der Waals surface area contributed by atoms with Crippen LogP contribution in [0.5, 0.6) is 0 Å². The fourth-order valence-corrected chi connectivity index (χ4v) is 1.99. The van der Waals surface area contributed by atoms with Crippen molar-refractivity contribution >= 4 is 39.9 Å². The second-order valence-electron chi connectivity index (χ2n) is 3.66. The Hall–Kier alpha value is -1.44. The predicted octanol–water partition coefficient (Wildman–Crippen LogP) is 3.31. The first-order valence-electron chi connectivity index (χ1n) is 5.34. The minimum Gasteiger partial charge on any atom is -0.373 e. The lowest BCUT2D eigenvalue weighted by molar-refractivity contribution is 0.621. The summed E-state index contributed by atoms with van der Waals surface area (Å²) in [6.45, 7) is 1.81. The highest BCUT2D eigenvalue weighted by molar-refractivity contribution is 14.1. The molecule has 2 aromatic rings. The molecular weight excluding hydrogens is 346 g/mol. The Morgan fingerprint density at radius 2 is 1.94 bits per heavy atom. The van der Waals surface area contributed by atoms with E-state index in [1.165, 1.54) is 6.07 Å². The van der Waals surface area contributed by atoms with Gasteiger partial charge in [0.15, 0.2) is 0 Å². The minimum atomic E-state index is -0.250. The molecule has 1 aromatic carbocycles. The Labute approximate surface area is 118 Å². The van der Waals surface area contributed by atoms with Crippen molar-refractivity contribution in [2.75, 3.05) is 17.7 Å². The average Bonchev–Trinajstić information content (AvgIpc) is 2.34. The zero-order valence-electron chi connectivity index (χ0n) is 9.96. The second kappa shape index (κ2) is 5.47. The number of hydrogen-bond donors (Lipinski definition) is 2. The number of halogens is 2. The standard InChI is InChI=1S/C12H12FIN4/c1-7-16-10(15-2)6-11(17-7)18-9-5-3-4-8(13)12(9)14/h3-6H,1-2H3,(H2,15,16,17,18).